The molecule has 0 heteroatoms. The second-order valence-corrected chi connectivity index (χ2v) is 4.59. The number of hydrogen-bond donors (Lipinski definition) is 0. The Morgan fingerprint density at radius 1 is 1.12 bits per heavy atom. The van der Waals surface area contributed by atoms with Gasteiger partial charge in [0.05, 0.1) is 0 Å². The summed E-state index contributed by atoms with van der Waals surface area (Å²) in [7, 11) is 0. The SMILES string of the molecule is C=CCC(/C=C(\CC)C(C)CC=C)CCC. The van der Waals surface area contributed by atoms with Gasteiger partial charge in [0.2, 0.25) is 0 Å². The van der Waals surface area contributed by atoms with Crippen LogP contribution >= 0.6 is 0 Å². The Labute approximate surface area is 102 Å². The van der Waals surface area contributed by atoms with E-state index in [-0.39, 0.29) is 0 Å². The Kier molecular flexibility index (Phi) is 8.99. The molecule has 0 rings (SSSR count). The lowest BCUT2D eigenvalue weighted by molar-refractivity contribution is 0.566. The summed E-state index contributed by atoms with van der Waals surface area (Å²) in [6.07, 6.45) is 12.4. The van der Waals surface area contributed by atoms with Gasteiger partial charge in [-0.1, -0.05) is 51.0 Å². The summed E-state index contributed by atoms with van der Waals surface area (Å²) < 4.78 is 0. The van der Waals surface area contributed by atoms with Crippen LogP contribution in [0.5, 0.6) is 0 Å². The molecule has 2 unspecified atom stereocenters. The molecule has 2 atom stereocenters. The molecule has 0 heterocycles. The molecular formula is C16H28. The Bertz CT molecular complexity index is 222. The van der Waals surface area contributed by atoms with E-state index in [0.717, 1.165) is 19.3 Å². The van der Waals surface area contributed by atoms with Crippen LogP contribution in [-0.4, -0.2) is 0 Å². The highest BCUT2D eigenvalue weighted by molar-refractivity contribution is 5.09. The molecule has 92 valence electrons. The van der Waals surface area contributed by atoms with E-state index in [1.165, 1.54) is 12.8 Å². The first-order valence-electron chi connectivity index (χ1n) is 6.61. The second-order valence-electron chi connectivity index (χ2n) is 4.59. The molecule has 0 aliphatic heterocycles. The molecule has 0 amide bonds. The lowest BCUT2D eigenvalue weighted by Crippen LogP contribution is -2.02. The zero-order chi connectivity index (χ0) is 12.4. The third kappa shape index (κ3) is 5.95. The van der Waals surface area contributed by atoms with Crippen LogP contribution in [0.4, 0.5) is 0 Å². The highest BCUT2D eigenvalue weighted by atomic mass is 14.1. The Balaban J connectivity index is 4.58. The maximum absolute atomic E-state index is 3.85. The first-order valence-corrected chi connectivity index (χ1v) is 6.61. The fourth-order valence-corrected chi connectivity index (χ4v) is 2.19. The zero-order valence-electron chi connectivity index (χ0n) is 11.3. The van der Waals surface area contributed by atoms with Crippen molar-refractivity contribution < 1.29 is 0 Å². The van der Waals surface area contributed by atoms with Crippen LogP contribution in [0.3, 0.4) is 0 Å². The third-order valence-electron chi connectivity index (χ3n) is 3.14. The van der Waals surface area contributed by atoms with Crippen molar-refractivity contribution in [2.75, 3.05) is 0 Å². The van der Waals surface area contributed by atoms with Crippen molar-refractivity contribution in [2.45, 2.75) is 52.9 Å². The van der Waals surface area contributed by atoms with Crippen LogP contribution in [0, 0.1) is 11.8 Å². The van der Waals surface area contributed by atoms with E-state index in [2.05, 4.69) is 40.0 Å². The molecule has 0 aliphatic carbocycles. The monoisotopic (exact) mass is 220 g/mol. The minimum Gasteiger partial charge on any atom is -0.103 e. The van der Waals surface area contributed by atoms with Gasteiger partial charge < -0.3 is 0 Å². The van der Waals surface area contributed by atoms with Crippen molar-refractivity contribution in [3.63, 3.8) is 0 Å². The Morgan fingerprint density at radius 3 is 2.19 bits per heavy atom. The largest absolute Gasteiger partial charge is 0.103 e. The van der Waals surface area contributed by atoms with E-state index in [1.54, 1.807) is 5.57 Å². The van der Waals surface area contributed by atoms with E-state index in [9.17, 15) is 0 Å². The van der Waals surface area contributed by atoms with E-state index in [1.807, 2.05) is 12.2 Å². The average Bonchev–Trinajstić information content (AvgIpc) is 2.26. The Hall–Kier alpha value is -0.780. The summed E-state index contributed by atoms with van der Waals surface area (Å²) in [4.78, 5) is 0. The molecule has 16 heavy (non-hydrogen) atoms. The van der Waals surface area contributed by atoms with Crippen LogP contribution in [0.2, 0.25) is 0 Å². The van der Waals surface area contributed by atoms with Gasteiger partial charge in [-0.15, -0.1) is 13.2 Å². The van der Waals surface area contributed by atoms with Crippen molar-refractivity contribution >= 4 is 0 Å². The van der Waals surface area contributed by atoms with E-state index < -0.39 is 0 Å². The standard InChI is InChI=1S/C16H28/c1-6-10-14(5)16(9-4)13-15(11-7-2)12-8-3/h6-7,13-15H,1-2,8-12H2,3-5H3/b16-13+. The minimum absolute atomic E-state index is 0.645. The lowest BCUT2D eigenvalue weighted by Gasteiger charge is -2.17. The maximum Gasteiger partial charge on any atom is -0.0196 e. The van der Waals surface area contributed by atoms with Crippen LogP contribution in [0.15, 0.2) is 37.0 Å². The zero-order valence-corrected chi connectivity index (χ0v) is 11.3. The number of rotatable bonds is 9. The minimum atomic E-state index is 0.645. The van der Waals surface area contributed by atoms with E-state index >= 15 is 0 Å². The highest BCUT2D eigenvalue weighted by Gasteiger charge is 2.09. The summed E-state index contributed by atoms with van der Waals surface area (Å²) in [5.74, 6) is 1.33. The fraction of sp³-hybridized carbons (Fsp3) is 0.625. The molecule has 0 radical (unpaired) electrons. The summed E-state index contributed by atoms with van der Waals surface area (Å²) in [6, 6.07) is 0. The molecule has 0 nitrogen and oxygen atoms in total. The van der Waals surface area contributed by atoms with Gasteiger partial charge in [0, 0.05) is 0 Å². The van der Waals surface area contributed by atoms with Gasteiger partial charge in [0.15, 0.2) is 0 Å². The first-order chi connectivity index (χ1) is 7.69. The van der Waals surface area contributed by atoms with Gasteiger partial charge >= 0.3 is 0 Å². The lowest BCUT2D eigenvalue weighted by atomic mass is 9.89. The van der Waals surface area contributed by atoms with Crippen molar-refractivity contribution in [3.05, 3.63) is 37.0 Å². The van der Waals surface area contributed by atoms with Crippen LogP contribution < -0.4 is 0 Å². The van der Waals surface area contributed by atoms with Crippen LogP contribution in [0.25, 0.3) is 0 Å². The predicted molar refractivity (Wildman–Crippen MR) is 75.6 cm³/mol. The van der Waals surface area contributed by atoms with Gasteiger partial charge in [0.1, 0.15) is 0 Å². The molecular weight excluding hydrogens is 192 g/mol. The highest BCUT2D eigenvalue weighted by Crippen LogP contribution is 2.23. The van der Waals surface area contributed by atoms with Gasteiger partial charge in [-0.05, 0) is 37.5 Å². The smallest absolute Gasteiger partial charge is 0.0196 e. The topological polar surface area (TPSA) is 0 Å². The van der Waals surface area contributed by atoms with E-state index in [4.69, 9.17) is 0 Å². The molecule has 0 saturated carbocycles. The van der Waals surface area contributed by atoms with Gasteiger partial charge in [-0.3, -0.25) is 0 Å². The quantitative estimate of drug-likeness (QED) is 0.448. The van der Waals surface area contributed by atoms with Gasteiger partial charge in [0.25, 0.3) is 0 Å². The summed E-state index contributed by atoms with van der Waals surface area (Å²) >= 11 is 0. The molecule has 0 aromatic carbocycles. The van der Waals surface area contributed by atoms with Crippen molar-refractivity contribution in [3.8, 4) is 0 Å². The molecule has 0 aromatic heterocycles. The maximum atomic E-state index is 3.85. The van der Waals surface area contributed by atoms with Crippen LogP contribution in [0.1, 0.15) is 52.9 Å². The van der Waals surface area contributed by atoms with Crippen molar-refractivity contribution in [1.82, 2.24) is 0 Å². The van der Waals surface area contributed by atoms with E-state index in [0.29, 0.717) is 11.8 Å². The second kappa shape index (κ2) is 9.45. The molecule has 0 aliphatic rings. The summed E-state index contributed by atoms with van der Waals surface area (Å²) in [5.41, 5.74) is 1.58. The Morgan fingerprint density at radius 2 is 1.75 bits per heavy atom. The summed E-state index contributed by atoms with van der Waals surface area (Å²) in [5, 5.41) is 0. The number of allylic oxidation sites excluding steroid dienone is 4. The van der Waals surface area contributed by atoms with Gasteiger partial charge in [-0.2, -0.15) is 0 Å². The average molecular weight is 220 g/mol. The molecule has 0 saturated heterocycles. The molecule has 0 aromatic rings. The molecule has 0 N–H and O–H groups in total. The van der Waals surface area contributed by atoms with Gasteiger partial charge in [-0.25, -0.2) is 0 Å². The fourth-order valence-electron chi connectivity index (χ4n) is 2.19. The first kappa shape index (κ1) is 15.2. The van der Waals surface area contributed by atoms with Crippen molar-refractivity contribution in [1.29, 1.82) is 0 Å². The molecule has 0 spiro atoms. The molecule has 0 fully saturated rings. The normalized spacial score (nSPS) is 15.6. The third-order valence-corrected chi connectivity index (χ3v) is 3.14. The predicted octanol–water partition coefficient (Wildman–Crippen LogP) is 5.53. The van der Waals surface area contributed by atoms with Crippen LogP contribution in [-0.2, 0) is 0 Å². The van der Waals surface area contributed by atoms with Crippen molar-refractivity contribution in [2.24, 2.45) is 11.8 Å². The number of hydrogen-bond acceptors (Lipinski definition) is 0. The molecule has 0 bridgehead atoms. The summed E-state index contributed by atoms with van der Waals surface area (Å²) in [6.45, 7) is 14.5.